The van der Waals surface area contributed by atoms with Gasteiger partial charge in [0.1, 0.15) is 0 Å². The van der Waals surface area contributed by atoms with E-state index >= 15 is 0 Å². The predicted molar refractivity (Wildman–Crippen MR) is 90.8 cm³/mol. The molecule has 0 saturated heterocycles. The second-order valence-corrected chi connectivity index (χ2v) is 5.94. The number of halogens is 7. The number of amides is 2. The number of hydrogen-bond donors (Lipinski definition) is 2. The van der Waals surface area contributed by atoms with Gasteiger partial charge in [0.15, 0.2) is 0 Å². The minimum absolute atomic E-state index is 0.272. The minimum atomic E-state index is -6.60. The van der Waals surface area contributed by atoms with Gasteiger partial charge in [0.25, 0.3) is 0 Å². The van der Waals surface area contributed by atoms with Gasteiger partial charge >= 0.3 is 23.9 Å². The van der Waals surface area contributed by atoms with Gasteiger partial charge in [-0.25, -0.2) is 0 Å². The minimum Gasteiger partial charge on any atom is -0.326 e. The smallest absolute Gasteiger partial charge is 0.326 e. The number of anilines is 2. The van der Waals surface area contributed by atoms with Crippen LogP contribution in [0.2, 0.25) is 0 Å². The molecule has 2 aromatic carbocycles. The zero-order valence-electron chi connectivity index (χ0n) is 14.6. The predicted octanol–water partition coefficient (Wildman–Crippen LogP) is 5.08. The van der Waals surface area contributed by atoms with Crippen molar-refractivity contribution in [2.75, 3.05) is 10.6 Å². The Labute approximate surface area is 159 Å². The maximum Gasteiger partial charge on any atom is 0.460 e. The summed E-state index contributed by atoms with van der Waals surface area (Å²) in [4.78, 5) is 22.3. The fourth-order valence-electron chi connectivity index (χ4n) is 2.23. The average Bonchev–Trinajstić information content (AvgIpc) is 2.61. The molecule has 0 atom stereocenters. The van der Waals surface area contributed by atoms with Crippen LogP contribution in [0, 0.1) is 0 Å². The Morgan fingerprint density at radius 1 is 0.690 bits per heavy atom. The molecule has 29 heavy (non-hydrogen) atoms. The van der Waals surface area contributed by atoms with E-state index in [0.29, 0.717) is 16.8 Å². The highest BCUT2D eigenvalue weighted by molar-refractivity contribution is 5.97. The molecule has 156 valence electrons. The molecule has 0 aliphatic carbocycles. The first-order valence-electron chi connectivity index (χ1n) is 7.87. The normalized spacial score (nSPS) is 12.4. The summed E-state index contributed by atoms with van der Waals surface area (Å²) in [5.41, 5.74) is 1.29. The Morgan fingerprint density at radius 2 is 1.07 bits per heavy atom. The highest BCUT2D eigenvalue weighted by Crippen LogP contribution is 2.46. The number of rotatable bonds is 5. The van der Waals surface area contributed by atoms with Crippen LogP contribution in [0.4, 0.5) is 42.1 Å². The summed E-state index contributed by atoms with van der Waals surface area (Å²) in [5, 5.41) is 3.91. The molecular formula is C18H13F7N2O2. The van der Waals surface area contributed by atoms with E-state index in [9.17, 15) is 40.3 Å². The Hall–Kier alpha value is -3.11. The van der Waals surface area contributed by atoms with Crippen molar-refractivity contribution in [3.63, 3.8) is 0 Å². The van der Waals surface area contributed by atoms with Gasteiger partial charge in [0, 0.05) is 18.3 Å². The number of nitrogens with one attached hydrogen (secondary N) is 2. The monoisotopic (exact) mass is 422 g/mol. The third-order valence-electron chi connectivity index (χ3n) is 3.72. The van der Waals surface area contributed by atoms with Gasteiger partial charge in [0.05, 0.1) is 0 Å². The van der Waals surface area contributed by atoms with Crippen LogP contribution < -0.4 is 10.6 Å². The second kappa shape index (κ2) is 7.72. The van der Waals surface area contributed by atoms with Crippen LogP contribution in [-0.2, 0) is 9.59 Å². The molecular weight excluding hydrogens is 409 g/mol. The van der Waals surface area contributed by atoms with Crippen LogP contribution >= 0.6 is 0 Å². The van der Waals surface area contributed by atoms with Gasteiger partial charge in [-0.2, -0.15) is 30.7 Å². The van der Waals surface area contributed by atoms with Gasteiger partial charge < -0.3 is 10.6 Å². The molecule has 0 aliphatic rings. The van der Waals surface area contributed by atoms with Crippen LogP contribution in [0.15, 0.2) is 48.5 Å². The lowest BCUT2D eigenvalue weighted by Crippen LogP contribution is -2.57. The van der Waals surface area contributed by atoms with E-state index in [1.807, 2.05) is 0 Å². The van der Waals surface area contributed by atoms with Crippen molar-refractivity contribution in [3.8, 4) is 11.1 Å². The third-order valence-corrected chi connectivity index (χ3v) is 3.72. The van der Waals surface area contributed by atoms with Crippen molar-refractivity contribution in [1.82, 2.24) is 0 Å². The lowest BCUT2D eigenvalue weighted by atomic mass is 10.0. The molecule has 2 N–H and O–H groups in total. The molecule has 2 amide bonds. The van der Waals surface area contributed by atoms with Crippen molar-refractivity contribution < 1.29 is 40.3 Å². The van der Waals surface area contributed by atoms with Crippen molar-refractivity contribution in [2.24, 2.45) is 0 Å². The fraction of sp³-hybridized carbons (Fsp3) is 0.222. The molecule has 0 aliphatic heterocycles. The molecule has 0 radical (unpaired) electrons. The van der Waals surface area contributed by atoms with E-state index < -0.39 is 29.6 Å². The van der Waals surface area contributed by atoms with Crippen molar-refractivity contribution in [2.45, 2.75) is 24.9 Å². The van der Waals surface area contributed by atoms with Gasteiger partial charge in [-0.1, -0.05) is 24.3 Å². The SMILES string of the molecule is CC(=O)Nc1ccc(-c2ccc(NC(=O)C(F)(F)C(F)(F)C(F)(F)F)cc2)cc1. The largest absolute Gasteiger partial charge is 0.460 e. The molecule has 0 bridgehead atoms. The molecule has 0 spiro atoms. The van der Waals surface area contributed by atoms with Crippen molar-refractivity contribution in [3.05, 3.63) is 48.5 Å². The first-order chi connectivity index (χ1) is 13.3. The van der Waals surface area contributed by atoms with Crippen LogP contribution in [0.5, 0.6) is 0 Å². The van der Waals surface area contributed by atoms with E-state index in [1.165, 1.54) is 24.4 Å². The van der Waals surface area contributed by atoms with Crippen LogP contribution in [0.25, 0.3) is 11.1 Å². The van der Waals surface area contributed by atoms with Gasteiger partial charge in [-0.15, -0.1) is 0 Å². The summed E-state index contributed by atoms with van der Waals surface area (Å²) >= 11 is 0. The summed E-state index contributed by atoms with van der Waals surface area (Å²) < 4.78 is 88.9. The third kappa shape index (κ3) is 4.66. The first-order valence-corrected chi connectivity index (χ1v) is 7.87. The summed E-state index contributed by atoms with van der Waals surface area (Å²) in [6.07, 6.45) is -6.60. The topological polar surface area (TPSA) is 58.2 Å². The first kappa shape index (κ1) is 22.2. The van der Waals surface area contributed by atoms with E-state index in [0.717, 1.165) is 12.1 Å². The van der Waals surface area contributed by atoms with E-state index in [1.54, 1.807) is 24.3 Å². The van der Waals surface area contributed by atoms with Crippen LogP contribution in [0.3, 0.4) is 0 Å². The maximum atomic E-state index is 13.3. The second-order valence-electron chi connectivity index (χ2n) is 5.94. The summed E-state index contributed by atoms with van der Waals surface area (Å²) in [6, 6.07) is 11.2. The number of carbonyl (C=O) groups is 2. The van der Waals surface area contributed by atoms with E-state index in [2.05, 4.69) is 5.32 Å². The number of carbonyl (C=O) groups excluding carboxylic acids is 2. The molecule has 11 heteroatoms. The number of alkyl halides is 7. The van der Waals surface area contributed by atoms with E-state index in [4.69, 9.17) is 0 Å². The summed E-state index contributed by atoms with van der Waals surface area (Å²) in [7, 11) is 0. The highest BCUT2D eigenvalue weighted by atomic mass is 19.4. The molecule has 2 aromatic rings. The molecule has 4 nitrogen and oxygen atoms in total. The Morgan fingerprint density at radius 3 is 1.41 bits per heavy atom. The average molecular weight is 422 g/mol. The van der Waals surface area contributed by atoms with Crippen LogP contribution in [0.1, 0.15) is 6.92 Å². The highest BCUT2D eigenvalue weighted by Gasteiger charge is 2.76. The number of hydrogen-bond acceptors (Lipinski definition) is 2. The zero-order valence-corrected chi connectivity index (χ0v) is 14.6. The summed E-state index contributed by atoms with van der Waals surface area (Å²) in [6.45, 7) is 1.33. The molecule has 0 saturated carbocycles. The maximum absolute atomic E-state index is 13.3. The van der Waals surface area contributed by atoms with Gasteiger partial charge in [-0.05, 0) is 35.4 Å². The molecule has 0 aromatic heterocycles. The van der Waals surface area contributed by atoms with Gasteiger partial charge in [-0.3, -0.25) is 9.59 Å². The van der Waals surface area contributed by atoms with Gasteiger partial charge in [0.2, 0.25) is 5.91 Å². The molecule has 2 rings (SSSR count). The Kier molecular flexibility index (Phi) is 5.91. The summed E-state index contributed by atoms with van der Waals surface area (Å²) in [5.74, 6) is -15.6. The lowest BCUT2D eigenvalue weighted by Gasteiger charge is -2.27. The fourth-order valence-corrected chi connectivity index (χ4v) is 2.23. The van der Waals surface area contributed by atoms with Crippen molar-refractivity contribution >= 4 is 23.2 Å². The molecule has 0 heterocycles. The quantitative estimate of drug-likeness (QED) is 0.660. The standard InChI is InChI=1S/C18H13F7N2O2/c1-10(28)26-13-6-2-11(3-7-13)12-4-8-14(9-5-12)27-15(29)16(19,20)17(21,22)18(23,24)25/h2-9H,1H3,(H,26,28)(H,27,29). The van der Waals surface area contributed by atoms with Crippen LogP contribution in [-0.4, -0.2) is 29.8 Å². The van der Waals surface area contributed by atoms with E-state index in [-0.39, 0.29) is 5.91 Å². The van der Waals surface area contributed by atoms with Crippen molar-refractivity contribution in [1.29, 1.82) is 0 Å². The molecule has 0 unspecified atom stereocenters. The Balaban J connectivity index is 2.14. The lowest BCUT2D eigenvalue weighted by molar-refractivity contribution is -0.343. The zero-order chi connectivity index (χ0) is 22.0. The number of benzene rings is 2. The molecule has 0 fully saturated rings. The Bertz CT molecular complexity index is 892.